The van der Waals surface area contributed by atoms with Crippen LogP contribution in [-0.2, 0) is 17.8 Å². The summed E-state index contributed by atoms with van der Waals surface area (Å²) in [6.07, 6.45) is 2.40. The highest BCUT2D eigenvalue weighted by Gasteiger charge is 2.09. The van der Waals surface area contributed by atoms with Crippen LogP contribution >= 0.6 is 11.3 Å². The smallest absolute Gasteiger partial charge is 0.217 e. The molecule has 0 atom stereocenters. The van der Waals surface area contributed by atoms with E-state index in [0.29, 0.717) is 30.0 Å². The summed E-state index contributed by atoms with van der Waals surface area (Å²) < 4.78 is 5.34. The van der Waals surface area contributed by atoms with Crippen molar-refractivity contribution < 1.29 is 9.53 Å². The molecule has 0 aliphatic rings. The quantitative estimate of drug-likeness (QED) is 0.331. The molecule has 3 aromatic rings. The predicted molar refractivity (Wildman–Crippen MR) is 114 cm³/mol. The molecule has 29 heavy (non-hydrogen) atoms. The Kier molecular flexibility index (Phi) is 6.80. The molecule has 0 radical (unpaired) electrons. The molecule has 1 aromatic carbocycles. The number of aromatic amines is 1. The number of aromatic nitrogens is 3. The van der Waals surface area contributed by atoms with Gasteiger partial charge in [0, 0.05) is 18.8 Å². The van der Waals surface area contributed by atoms with Gasteiger partial charge >= 0.3 is 0 Å². The van der Waals surface area contributed by atoms with E-state index in [9.17, 15) is 4.79 Å². The van der Waals surface area contributed by atoms with Crippen LogP contribution in [0.3, 0.4) is 0 Å². The van der Waals surface area contributed by atoms with E-state index < -0.39 is 0 Å². The number of rotatable bonds is 8. The van der Waals surface area contributed by atoms with Gasteiger partial charge in [0.1, 0.15) is 17.3 Å². The number of benzene rings is 1. The Hall–Kier alpha value is -3.40. The molecule has 0 spiro atoms. The van der Waals surface area contributed by atoms with Crippen LogP contribution in [0, 0.1) is 0 Å². The van der Waals surface area contributed by atoms with Gasteiger partial charge in [0.15, 0.2) is 11.1 Å². The highest BCUT2D eigenvalue weighted by Crippen LogP contribution is 2.23. The third-order valence-corrected chi connectivity index (χ3v) is 4.76. The number of hydrogen-bond acceptors (Lipinski definition) is 6. The fraction of sp³-hybridized carbons (Fsp3) is 0.263. The van der Waals surface area contributed by atoms with Crippen molar-refractivity contribution in [1.82, 2.24) is 20.3 Å². The lowest BCUT2D eigenvalue weighted by Gasteiger charge is -2.06. The lowest BCUT2D eigenvalue weighted by atomic mass is 10.1. The molecule has 0 bridgehead atoms. The number of hydrogen-bond donors (Lipinski definition) is 4. The molecule has 2 aromatic heterocycles. The van der Waals surface area contributed by atoms with E-state index >= 15 is 0 Å². The lowest BCUT2D eigenvalue weighted by Crippen LogP contribution is -2.23. The number of para-hydroxylation sites is 1. The van der Waals surface area contributed by atoms with Crippen molar-refractivity contribution in [3.63, 3.8) is 0 Å². The number of nitrogens with two attached hydrogens (primary N) is 1. The zero-order valence-corrected chi connectivity index (χ0v) is 17.0. The SMILES string of the molecule is COc1ccccc1CCN=C(N)Nc1nc(-c2cnc(CNC(C)=O)[nH]2)cs1. The van der Waals surface area contributed by atoms with Gasteiger partial charge in [-0.2, -0.15) is 0 Å². The predicted octanol–water partition coefficient (Wildman–Crippen LogP) is 2.15. The fourth-order valence-corrected chi connectivity index (χ4v) is 3.32. The summed E-state index contributed by atoms with van der Waals surface area (Å²) >= 11 is 1.42. The Morgan fingerprint density at radius 2 is 2.21 bits per heavy atom. The molecule has 10 heteroatoms. The third kappa shape index (κ3) is 5.79. The highest BCUT2D eigenvalue weighted by atomic mass is 32.1. The van der Waals surface area contributed by atoms with Crippen molar-refractivity contribution in [2.75, 3.05) is 19.0 Å². The molecular weight excluding hydrogens is 390 g/mol. The van der Waals surface area contributed by atoms with E-state index in [1.54, 1.807) is 13.3 Å². The van der Waals surface area contributed by atoms with Gasteiger partial charge in [-0.25, -0.2) is 9.97 Å². The average molecular weight is 414 g/mol. The van der Waals surface area contributed by atoms with Crippen molar-refractivity contribution in [3.8, 4) is 17.1 Å². The average Bonchev–Trinajstić information content (AvgIpc) is 3.36. The van der Waals surface area contributed by atoms with Gasteiger partial charge in [0.05, 0.1) is 25.5 Å². The van der Waals surface area contributed by atoms with Crippen LogP contribution in [-0.4, -0.2) is 40.5 Å². The maximum Gasteiger partial charge on any atom is 0.217 e. The Morgan fingerprint density at radius 1 is 1.38 bits per heavy atom. The molecule has 3 rings (SSSR count). The van der Waals surface area contributed by atoms with Crippen LogP contribution in [0.1, 0.15) is 18.3 Å². The van der Waals surface area contributed by atoms with Crippen LogP contribution in [0.2, 0.25) is 0 Å². The topological polar surface area (TPSA) is 130 Å². The Balaban J connectivity index is 1.55. The molecule has 5 N–H and O–H groups in total. The summed E-state index contributed by atoms with van der Waals surface area (Å²) in [6.45, 7) is 2.34. The number of amides is 1. The van der Waals surface area contributed by atoms with Gasteiger partial charge in [-0.1, -0.05) is 18.2 Å². The Labute approximate surface area is 172 Å². The van der Waals surface area contributed by atoms with E-state index in [2.05, 4.69) is 30.6 Å². The third-order valence-electron chi connectivity index (χ3n) is 4.00. The van der Waals surface area contributed by atoms with Crippen LogP contribution in [0.25, 0.3) is 11.4 Å². The second-order valence-electron chi connectivity index (χ2n) is 6.15. The molecule has 1 amide bonds. The van der Waals surface area contributed by atoms with Crippen LogP contribution in [0.5, 0.6) is 5.75 Å². The number of imidazole rings is 1. The van der Waals surface area contributed by atoms with Crippen molar-refractivity contribution in [3.05, 3.63) is 47.2 Å². The summed E-state index contributed by atoms with van der Waals surface area (Å²) in [7, 11) is 1.65. The summed E-state index contributed by atoms with van der Waals surface area (Å²) in [5.41, 5.74) is 8.56. The molecule has 0 saturated heterocycles. The van der Waals surface area contributed by atoms with Gasteiger partial charge < -0.3 is 26.1 Å². The molecule has 0 saturated carbocycles. The minimum absolute atomic E-state index is 0.108. The first-order valence-corrected chi connectivity index (χ1v) is 9.86. The second-order valence-corrected chi connectivity index (χ2v) is 7.00. The number of aliphatic imine (C=N–C) groups is 1. The number of ether oxygens (including phenoxy) is 1. The van der Waals surface area contributed by atoms with Gasteiger partial charge in [0.25, 0.3) is 0 Å². The zero-order valence-electron chi connectivity index (χ0n) is 16.2. The molecule has 152 valence electrons. The largest absolute Gasteiger partial charge is 0.496 e. The highest BCUT2D eigenvalue weighted by molar-refractivity contribution is 7.14. The molecule has 0 fully saturated rings. The molecule has 9 nitrogen and oxygen atoms in total. The number of thiazole rings is 1. The van der Waals surface area contributed by atoms with Crippen molar-refractivity contribution in [2.45, 2.75) is 19.9 Å². The molecule has 0 aliphatic carbocycles. The van der Waals surface area contributed by atoms with Crippen molar-refractivity contribution in [2.24, 2.45) is 10.7 Å². The Bertz CT molecular complexity index is 996. The summed E-state index contributed by atoms with van der Waals surface area (Å²) in [5, 5.41) is 8.22. The number of anilines is 1. The van der Waals surface area contributed by atoms with E-state index in [-0.39, 0.29) is 5.91 Å². The van der Waals surface area contributed by atoms with Gasteiger partial charge in [0.2, 0.25) is 5.91 Å². The van der Waals surface area contributed by atoms with E-state index in [1.807, 2.05) is 29.6 Å². The number of nitrogens with zero attached hydrogens (tertiary/aromatic N) is 3. The van der Waals surface area contributed by atoms with Crippen LogP contribution in [0.4, 0.5) is 5.13 Å². The van der Waals surface area contributed by atoms with Crippen molar-refractivity contribution >= 4 is 28.3 Å². The molecule has 2 heterocycles. The second kappa shape index (κ2) is 9.69. The summed E-state index contributed by atoms with van der Waals surface area (Å²) in [6, 6.07) is 7.84. The molecular formula is C19H23N7O2S. The first-order valence-electron chi connectivity index (χ1n) is 8.98. The number of carbonyl (C=O) groups is 1. The van der Waals surface area contributed by atoms with Gasteiger partial charge in [-0.3, -0.25) is 9.79 Å². The number of guanidine groups is 1. The van der Waals surface area contributed by atoms with Crippen molar-refractivity contribution in [1.29, 1.82) is 0 Å². The minimum Gasteiger partial charge on any atom is -0.496 e. The molecule has 0 aliphatic heterocycles. The first-order chi connectivity index (χ1) is 14.0. The number of methoxy groups -OCH3 is 1. The summed E-state index contributed by atoms with van der Waals surface area (Å²) in [5.74, 6) is 1.70. The van der Waals surface area contributed by atoms with E-state index in [4.69, 9.17) is 10.5 Å². The van der Waals surface area contributed by atoms with Crippen LogP contribution in [0.15, 0.2) is 40.8 Å². The summed E-state index contributed by atoms with van der Waals surface area (Å²) in [4.78, 5) is 27.2. The standard InChI is InChI=1S/C19H23N7O2S/c1-12(27)22-10-17-23-9-14(24-17)15-11-29-19(25-15)26-18(20)21-8-7-13-5-3-4-6-16(13)28-2/h3-6,9,11H,7-8,10H2,1-2H3,(H,22,27)(H,23,24)(H3,20,21,25,26). The number of H-pyrrole nitrogens is 1. The van der Waals surface area contributed by atoms with E-state index in [0.717, 1.165) is 29.1 Å². The Morgan fingerprint density at radius 3 is 3.00 bits per heavy atom. The maximum absolute atomic E-state index is 11.0. The van der Waals surface area contributed by atoms with Gasteiger partial charge in [-0.15, -0.1) is 11.3 Å². The zero-order chi connectivity index (χ0) is 20.6. The number of nitrogens with one attached hydrogen (secondary N) is 3. The maximum atomic E-state index is 11.0. The fourth-order valence-electron chi connectivity index (χ4n) is 2.60. The monoisotopic (exact) mass is 413 g/mol. The number of carbonyl (C=O) groups excluding carboxylic acids is 1. The van der Waals surface area contributed by atoms with Gasteiger partial charge in [-0.05, 0) is 18.1 Å². The van der Waals surface area contributed by atoms with E-state index in [1.165, 1.54) is 18.3 Å². The minimum atomic E-state index is -0.108. The van der Waals surface area contributed by atoms with Crippen LogP contribution < -0.4 is 21.1 Å². The molecule has 0 unspecified atom stereocenters. The lowest BCUT2D eigenvalue weighted by molar-refractivity contribution is -0.119. The first kappa shape index (κ1) is 20.3. The normalized spacial score (nSPS) is 11.3.